The molecule has 0 fully saturated rings. The van der Waals surface area contributed by atoms with E-state index in [1.807, 2.05) is 0 Å². The molecule has 1 heterocycles. The van der Waals surface area contributed by atoms with Crippen molar-refractivity contribution in [2.24, 2.45) is 7.05 Å². The molecule has 2 aromatic rings. The smallest absolute Gasteiger partial charge is 0.341 e. The highest BCUT2D eigenvalue weighted by atomic mass is 35.5. The highest BCUT2D eigenvalue weighted by Crippen LogP contribution is 2.18. The molecule has 8 nitrogen and oxygen atoms in total. The molecule has 0 aliphatic rings. The zero-order valence-corrected chi connectivity index (χ0v) is 14.4. The SMILES string of the molecule is CC(C)OC(=O)Cn1c(=O)n(C)c(=O)n(-c2ccc(F)cc2Cl)c1=O. The number of rotatable bonds is 4. The van der Waals surface area contributed by atoms with Gasteiger partial charge in [0.15, 0.2) is 0 Å². The second-order valence-electron chi connectivity index (χ2n) is 5.46. The fraction of sp³-hybridized carbons (Fsp3) is 0.333. The Kier molecular flexibility index (Phi) is 5.27. The van der Waals surface area contributed by atoms with Crippen molar-refractivity contribution >= 4 is 17.6 Å². The summed E-state index contributed by atoms with van der Waals surface area (Å²) in [7, 11) is 1.14. The topological polar surface area (TPSA) is 92.3 Å². The number of benzene rings is 1. The molecule has 0 saturated heterocycles. The van der Waals surface area contributed by atoms with Gasteiger partial charge in [0.2, 0.25) is 0 Å². The Hall–Kier alpha value is -2.68. The highest BCUT2D eigenvalue weighted by molar-refractivity contribution is 6.32. The Morgan fingerprint density at radius 2 is 1.84 bits per heavy atom. The van der Waals surface area contributed by atoms with Gasteiger partial charge in [-0.05, 0) is 32.0 Å². The van der Waals surface area contributed by atoms with Crippen molar-refractivity contribution in [2.45, 2.75) is 26.5 Å². The summed E-state index contributed by atoms with van der Waals surface area (Å²) in [5.41, 5.74) is -3.15. The van der Waals surface area contributed by atoms with Crippen LogP contribution in [0.4, 0.5) is 4.39 Å². The predicted molar refractivity (Wildman–Crippen MR) is 87.7 cm³/mol. The predicted octanol–water partition coefficient (Wildman–Crippen LogP) is 0.442. The van der Waals surface area contributed by atoms with Crippen molar-refractivity contribution in [3.8, 4) is 5.69 Å². The molecule has 0 aliphatic heterocycles. The number of nitrogens with zero attached hydrogens (tertiary/aromatic N) is 3. The first kappa shape index (κ1) is 18.7. The molecule has 0 unspecified atom stereocenters. The Bertz CT molecular complexity index is 1010. The Balaban J connectivity index is 2.71. The summed E-state index contributed by atoms with van der Waals surface area (Å²) in [5.74, 6) is -1.47. The lowest BCUT2D eigenvalue weighted by atomic mass is 10.3. The zero-order chi connectivity index (χ0) is 18.9. The van der Waals surface area contributed by atoms with E-state index in [4.69, 9.17) is 16.3 Å². The summed E-state index contributed by atoms with van der Waals surface area (Å²) < 4.78 is 19.9. The van der Waals surface area contributed by atoms with E-state index in [0.717, 1.165) is 25.2 Å². The van der Waals surface area contributed by atoms with Gasteiger partial charge in [-0.15, -0.1) is 0 Å². The lowest BCUT2D eigenvalue weighted by Crippen LogP contribution is -2.54. The summed E-state index contributed by atoms with van der Waals surface area (Å²) in [6, 6.07) is 3.06. The van der Waals surface area contributed by atoms with E-state index < -0.39 is 41.5 Å². The number of carbonyl (C=O) groups excluding carboxylic acids is 1. The van der Waals surface area contributed by atoms with E-state index in [9.17, 15) is 23.6 Å². The number of esters is 1. The van der Waals surface area contributed by atoms with Gasteiger partial charge < -0.3 is 4.74 Å². The number of hydrogen-bond donors (Lipinski definition) is 0. The van der Waals surface area contributed by atoms with Crippen molar-refractivity contribution < 1.29 is 13.9 Å². The van der Waals surface area contributed by atoms with Crippen molar-refractivity contribution in [1.82, 2.24) is 13.7 Å². The van der Waals surface area contributed by atoms with E-state index in [1.165, 1.54) is 0 Å². The van der Waals surface area contributed by atoms with Gasteiger partial charge in [0, 0.05) is 7.05 Å². The molecule has 134 valence electrons. The maximum atomic E-state index is 13.2. The van der Waals surface area contributed by atoms with Crippen LogP contribution < -0.4 is 17.1 Å². The maximum absolute atomic E-state index is 13.2. The van der Waals surface area contributed by atoms with Crippen LogP contribution >= 0.6 is 11.6 Å². The highest BCUT2D eigenvalue weighted by Gasteiger charge is 2.19. The minimum absolute atomic E-state index is 0.111. The molecule has 0 aliphatic carbocycles. The van der Waals surface area contributed by atoms with Gasteiger partial charge in [0.25, 0.3) is 0 Å². The molecular formula is C15H15ClFN3O5. The monoisotopic (exact) mass is 371 g/mol. The summed E-state index contributed by atoms with van der Waals surface area (Å²) in [5, 5.41) is -0.200. The van der Waals surface area contributed by atoms with Gasteiger partial charge in [-0.1, -0.05) is 11.6 Å². The number of hydrogen-bond acceptors (Lipinski definition) is 5. The number of aromatic nitrogens is 3. The minimum Gasteiger partial charge on any atom is -0.462 e. The molecule has 0 amide bonds. The molecule has 0 spiro atoms. The third-order valence-electron chi connectivity index (χ3n) is 3.22. The van der Waals surface area contributed by atoms with E-state index in [0.29, 0.717) is 13.7 Å². The van der Waals surface area contributed by atoms with Crippen molar-refractivity contribution in [1.29, 1.82) is 0 Å². The number of carbonyl (C=O) groups is 1. The number of halogens is 2. The Labute approximate surface area is 145 Å². The van der Waals surface area contributed by atoms with Crippen LogP contribution in [-0.2, 0) is 23.1 Å². The third kappa shape index (κ3) is 3.71. The van der Waals surface area contributed by atoms with Crippen LogP contribution in [0.25, 0.3) is 5.69 Å². The van der Waals surface area contributed by atoms with Gasteiger partial charge in [-0.25, -0.2) is 32.5 Å². The van der Waals surface area contributed by atoms with E-state index in [2.05, 4.69) is 0 Å². The third-order valence-corrected chi connectivity index (χ3v) is 3.53. The van der Waals surface area contributed by atoms with Crippen LogP contribution in [0.15, 0.2) is 32.6 Å². The standard InChI is InChI=1S/C15H15ClFN3O5/c1-8(2)25-12(21)7-19-13(22)18(3)14(23)20(15(19)24)11-5-4-9(17)6-10(11)16/h4-6,8H,7H2,1-3H3. The van der Waals surface area contributed by atoms with E-state index in [1.54, 1.807) is 13.8 Å². The van der Waals surface area contributed by atoms with Crippen LogP contribution in [0.5, 0.6) is 0 Å². The molecule has 2 rings (SSSR count). The molecule has 25 heavy (non-hydrogen) atoms. The molecule has 0 saturated carbocycles. The maximum Gasteiger partial charge on any atom is 0.341 e. The van der Waals surface area contributed by atoms with Crippen LogP contribution in [-0.4, -0.2) is 25.8 Å². The average Bonchev–Trinajstić information content (AvgIpc) is 2.51. The lowest BCUT2D eigenvalue weighted by molar-refractivity contribution is -0.148. The second kappa shape index (κ2) is 7.06. The van der Waals surface area contributed by atoms with Crippen molar-refractivity contribution in [3.63, 3.8) is 0 Å². The summed E-state index contributed by atoms with van der Waals surface area (Å²) in [6.07, 6.45) is -0.440. The number of ether oxygens (including phenoxy) is 1. The second-order valence-corrected chi connectivity index (χ2v) is 5.87. The largest absolute Gasteiger partial charge is 0.462 e. The fourth-order valence-corrected chi connectivity index (χ4v) is 2.38. The van der Waals surface area contributed by atoms with Crippen molar-refractivity contribution in [3.05, 3.63) is 60.5 Å². The first-order chi connectivity index (χ1) is 11.6. The van der Waals surface area contributed by atoms with Gasteiger partial charge in [0.1, 0.15) is 12.4 Å². The van der Waals surface area contributed by atoms with Gasteiger partial charge in [0.05, 0.1) is 16.8 Å². The van der Waals surface area contributed by atoms with Crippen LogP contribution in [0.3, 0.4) is 0 Å². The summed E-state index contributed by atoms with van der Waals surface area (Å²) in [4.78, 5) is 48.8. The summed E-state index contributed by atoms with van der Waals surface area (Å²) >= 11 is 5.90. The molecule has 0 radical (unpaired) electrons. The van der Waals surface area contributed by atoms with Gasteiger partial charge >= 0.3 is 23.0 Å². The molecule has 1 aromatic carbocycles. The van der Waals surface area contributed by atoms with Crippen LogP contribution in [0.1, 0.15) is 13.8 Å². The molecule has 0 bridgehead atoms. The van der Waals surface area contributed by atoms with Gasteiger partial charge in [-0.2, -0.15) is 0 Å². The molecule has 0 N–H and O–H groups in total. The normalized spacial score (nSPS) is 11.0. The lowest BCUT2D eigenvalue weighted by Gasteiger charge is -2.13. The van der Waals surface area contributed by atoms with Gasteiger partial charge in [-0.3, -0.25) is 4.79 Å². The Morgan fingerprint density at radius 1 is 1.20 bits per heavy atom. The molecule has 10 heteroatoms. The quantitative estimate of drug-likeness (QED) is 0.727. The van der Waals surface area contributed by atoms with E-state index >= 15 is 0 Å². The Morgan fingerprint density at radius 3 is 2.40 bits per heavy atom. The average molecular weight is 372 g/mol. The first-order valence-corrected chi connectivity index (χ1v) is 7.59. The van der Waals surface area contributed by atoms with Crippen LogP contribution in [0.2, 0.25) is 5.02 Å². The molecule has 0 atom stereocenters. The minimum atomic E-state index is -1.08. The first-order valence-electron chi connectivity index (χ1n) is 7.21. The molecule has 1 aromatic heterocycles. The van der Waals surface area contributed by atoms with Crippen molar-refractivity contribution in [2.75, 3.05) is 0 Å². The van der Waals surface area contributed by atoms with E-state index in [-0.39, 0.29) is 10.7 Å². The van der Waals surface area contributed by atoms with Crippen LogP contribution in [0, 0.1) is 5.82 Å². The summed E-state index contributed by atoms with van der Waals surface area (Å²) in [6.45, 7) is 2.54. The zero-order valence-electron chi connectivity index (χ0n) is 13.7. The molecular weight excluding hydrogens is 357 g/mol. The fourth-order valence-electron chi connectivity index (χ4n) is 2.13.